The maximum Gasteiger partial charge on any atom is 0.131 e. The number of hydrogen-bond acceptors (Lipinski definition) is 3. The van der Waals surface area contributed by atoms with Gasteiger partial charge in [0.2, 0.25) is 0 Å². The largest absolute Gasteiger partial charge is 0.387 e. The van der Waals surface area contributed by atoms with Crippen molar-refractivity contribution in [3.8, 4) is 0 Å². The Kier molecular flexibility index (Phi) is 5.65. The summed E-state index contributed by atoms with van der Waals surface area (Å²) in [6.45, 7) is 2.96. The Morgan fingerprint density at radius 1 is 1.28 bits per heavy atom. The van der Waals surface area contributed by atoms with E-state index in [1.807, 2.05) is 25.9 Å². The van der Waals surface area contributed by atoms with Gasteiger partial charge in [-0.25, -0.2) is 8.78 Å². The number of aliphatic hydroxyl groups excluding tert-OH is 1. The lowest BCUT2D eigenvalue weighted by atomic mass is 10.1. The van der Waals surface area contributed by atoms with Gasteiger partial charge in [-0.3, -0.25) is 0 Å². The van der Waals surface area contributed by atoms with E-state index in [2.05, 4.69) is 5.32 Å². The summed E-state index contributed by atoms with van der Waals surface area (Å²) in [5, 5.41) is 12.9. The first-order chi connectivity index (χ1) is 8.41. The number of benzene rings is 1. The molecule has 0 aliphatic heterocycles. The predicted molar refractivity (Wildman–Crippen MR) is 67.3 cm³/mol. The van der Waals surface area contributed by atoms with Crippen molar-refractivity contribution >= 4 is 0 Å². The predicted octanol–water partition coefficient (Wildman–Crippen LogP) is 1.54. The number of rotatable bonds is 6. The fourth-order valence-electron chi connectivity index (χ4n) is 1.49. The second kappa shape index (κ2) is 6.78. The van der Waals surface area contributed by atoms with Gasteiger partial charge < -0.3 is 15.3 Å². The van der Waals surface area contributed by atoms with Gasteiger partial charge in [0.1, 0.15) is 11.6 Å². The van der Waals surface area contributed by atoms with Crippen molar-refractivity contribution in [3.63, 3.8) is 0 Å². The minimum absolute atomic E-state index is 0.112. The van der Waals surface area contributed by atoms with Crippen molar-refractivity contribution in [2.24, 2.45) is 0 Å². The molecule has 2 N–H and O–H groups in total. The average Bonchev–Trinajstić information content (AvgIpc) is 2.28. The van der Waals surface area contributed by atoms with Crippen LogP contribution in [0.25, 0.3) is 0 Å². The fourth-order valence-corrected chi connectivity index (χ4v) is 1.49. The van der Waals surface area contributed by atoms with Crippen LogP contribution in [0.5, 0.6) is 0 Å². The van der Waals surface area contributed by atoms with Crippen molar-refractivity contribution in [2.45, 2.75) is 19.1 Å². The van der Waals surface area contributed by atoms with Crippen molar-refractivity contribution in [1.29, 1.82) is 0 Å². The Bertz CT molecular complexity index is 385. The van der Waals surface area contributed by atoms with Crippen LogP contribution in [0.4, 0.5) is 8.78 Å². The van der Waals surface area contributed by atoms with E-state index in [0.717, 1.165) is 12.1 Å². The van der Waals surface area contributed by atoms with E-state index in [4.69, 9.17) is 0 Å². The number of nitrogens with one attached hydrogen (secondary N) is 1. The lowest BCUT2D eigenvalue weighted by molar-refractivity contribution is 0.166. The Labute approximate surface area is 106 Å². The van der Waals surface area contributed by atoms with Crippen LogP contribution in [0.3, 0.4) is 0 Å². The summed E-state index contributed by atoms with van der Waals surface area (Å²) in [5.74, 6) is -1.36. The van der Waals surface area contributed by atoms with E-state index in [-0.39, 0.29) is 12.1 Å². The summed E-state index contributed by atoms with van der Waals surface area (Å²) < 4.78 is 26.1. The van der Waals surface area contributed by atoms with Crippen LogP contribution >= 0.6 is 0 Å². The monoisotopic (exact) mass is 258 g/mol. The average molecular weight is 258 g/mol. The van der Waals surface area contributed by atoms with E-state index < -0.39 is 17.7 Å². The van der Waals surface area contributed by atoms with Crippen molar-refractivity contribution in [3.05, 3.63) is 35.4 Å². The first kappa shape index (κ1) is 15.0. The molecule has 0 aromatic heterocycles. The standard InChI is InChI=1S/C13H20F2N2O/c1-9(17(2)3)7-16-8-13(18)11-5-4-10(14)6-12(11)15/h4-6,9,13,16,18H,7-8H2,1-3H3. The highest BCUT2D eigenvalue weighted by molar-refractivity contribution is 5.21. The maximum atomic E-state index is 13.4. The van der Waals surface area contributed by atoms with E-state index in [1.54, 1.807) is 0 Å². The lowest BCUT2D eigenvalue weighted by Crippen LogP contribution is -2.37. The van der Waals surface area contributed by atoms with Crippen LogP contribution in [-0.2, 0) is 0 Å². The third kappa shape index (κ3) is 4.33. The molecule has 18 heavy (non-hydrogen) atoms. The third-order valence-corrected chi connectivity index (χ3v) is 2.98. The van der Waals surface area contributed by atoms with Gasteiger partial charge in [0.25, 0.3) is 0 Å². The van der Waals surface area contributed by atoms with E-state index in [0.29, 0.717) is 12.6 Å². The molecule has 0 aliphatic carbocycles. The molecular weight excluding hydrogens is 238 g/mol. The maximum absolute atomic E-state index is 13.4. The zero-order valence-corrected chi connectivity index (χ0v) is 11.0. The fraction of sp³-hybridized carbons (Fsp3) is 0.538. The highest BCUT2D eigenvalue weighted by Gasteiger charge is 2.13. The molecular formula is C13H20F2N2O. The smallest absolute Gasteiger partial charge is 0.131 e. The lowest BCUT2D eigenvalue weighted by Gasteiger charge is -2.21. The molecule has 0 fully saturated rings. The number of nitrogens with zero attached hydrogens (tertiary/aromatic N) is 1. The molecule has 2 unspecified atom stereocenters. The molecule has 102 valence electrons. The van der Waals surface area contributed by atoms with Gasteiger partial charge in [0.15, 0.2) is 0 Å². The molecule has 1 aromatic carbocycles. The molecule has 5 heteroatoms. The Morgan fingerprint density at radius 3 is 2.50 bits per heavy atom. The quantitative estimate of drug-likeness (QED) is 0.812. The molecule has 0 aliphatic rings. The number of likely N-dealkylation sites (N-methyl/N-ethyl adjacent to an activating group) is 1. The van der Waals surface area contributed by atoms with Gasteiger partial charge in [-0.05, 0) is 27.1 Å². The molecule has 0 radical (unpaired) electrons. The van der Waals surface area contributed by atoms with Gasteiger partial charge in [0, 0.05) is 30.8 Å². The molecule has 0 spiro atoms. The molecule has 1 aromatic rings. The summed E-state index contributed by atoms with van der Waals surface area (Å²) in [5.41, 5.74) is 0.112. The molecule has 0 heterocycles. The Balaban J connectivity index is 2.48. The van der Waals surface area contributed by atoms with E-state index >= 15 is 0 Å². The molecule has 0 bridgehead atoms. The summed E-state index contributed by atoms with van der Waals surface area (Å²) in [6.07, 6.45) is -0.972. The third-order valence-electron chi connectivity index (χ3n) is 2.98. The molecule has 1 rings (SSSR count). The molecule has 0 saturated carbocycles. The van der Waals surface area contributed by atoms with Crippen LogP contribution in [0.1, 0.15) is 18.6 Å². The second-order valence-corrected chi connectivity index (χ2v) is 4.65. The summed E-state index contributed by atoms with van der Waals surface area (Å²) >= 11 is 0. The Morgan fingerprint density at radius 2 is 1.94 bits per heavy atom. The van der Waals surface area contributed by atoms with Crippen molar-refractivity contribution in [1.82, 2.24) is 10.2 Å². The normalized spacial score (nSPS) is 14.8. The van der Waals surface area contributed by atoms with Crippen LogP contribution in [-0.4, -0.2) is 43.2 Å². The minimum atomic E-state index is -0.972. The van der Waals surface area contributed by atoms with E-state index in [1.165, 1.54) is 6.07 Å². The first-order valence-electron chi connectivity index (χ1n) is 5.92. The van der Waals surface area contributed by atoms with Gasteiger partial charge in [-0.15, -0.1) is 0 Å². The first-order valence-corrected chi connectivity index (χ1v) is 5.92. The van der Waals surface area contributed by atoms with Gasteiger partial charge in [-0.1, -0.05) is 6.07 Å². The highest BCUT2D eigenvalue weighted by atomic mass is 19.1. The van der Waals surface area contributed by atoms with Crippen molar-refractivity contribution in [2.75, 3.05) is 27.2 Å². The topological polar surface area (TPSA) is 35.5 Å². The molecule has 0 amide bonds. The zero-order valence-electron chi connectivity index (χ0n) is 11.0. The molecule has 0 saturated heterocycles. The van der Waals surface area contributed by atoms with Crippen molar-refractivity contribution < 1.29 is 13.9 Å². The summed E-state index contributed by atoms with van der Waals surface area (Å²) in [7, 11) is 3.92. The second-order valence-electron chi connectivity index (χ2n) is 4.65. The van der Waals surface area contributed by atoms with Gasteiger partial charge in [0.05, 0.1) is 6.10 Å². The summed E-state index contributed by atoms with van der Waals surface area (Å²) in [6, 6.07) is 3.51. The molecule has 3 nitrogen and oxygen atoms in total. The van der Waals surface area contributed by atoms with Gasteiger partial charge in [-0.2, -0.15) is 0 Å². The summed E-state index contributed by atoms with van der Waals surface area (Å²) in [4.78, 5) is 2.04. The SMILES string of the molecule is CC(CNCC(O)c1ccc(F)cc1F)N(C)C. The zero-order chi connectivity index (χ0) is 13.7. The van der Waals surface area contributed by atoms with Gasteiger partial charge >= 0.3 is 0 Å². The van der Waals surface area contributed by atoms with Crippen LogP contribution in [0, 0.1) is 11.6 Å². The van der Waals surface area contributed by atoms with E-state index in [9.17, 15) is 13.9 Å². The Hall–Kier alpha value is -1.04. The number of halogens is 2. The van der Waals surface area contributed by atoms with Crippen LogP contribution in [0.2, 0.25) is 0 Å². The van der Waals surface area contributed by atoms with Crippen LogP contribution < -0.4 is 5.32 Å². The molecule has 2 atom stereocenters. The number of aliphatic hydroxyl groups is 1. The highest BCUT2D eigenvalue weighted by Crippen LogP contribution is 2.17. The number of hydrogen-bond donors (Lipinski definition) is 2. The van der Waals surface area contributed by atoms with Crippen LogP contribution in [0.15, 0.2) is 18.2 Å². The minimum Gasteiger partial charge on any atom is -0.387 e.